The van der Waals surface area contributed by atoms with Crippen LogP contribution in [0, 0.1) is 0 Å². The molecule has 0 aromatic rings. The maximum Gasteiger partial charge on any atom is 0.168 e. The Hall–Kier alpha value is -0.890. The third-order valence-corrected chi connectivity index (χ3v) is 0.816. The number of ketones is 1. The molecule has 9 heavy (non-hydrogen) atoms. The van der Waals surface area contributed by atoms with Crippen LogP contribution in [0.4, 0.5) is 0 Å². The predicted octanol–water partition coefficient (Wildman–Crippen LogP) is 0.517. The van der Waals surface area contributed by atoms with Gasteiger partial charge in [-0.05, 0) is 6.08 Å². The number of nitrogens with one attached hydrogen (secondary N) is 1. The number of rotatable bonds is 5. The van der Waals surface area contributed by atoms with E-state index in [0.717, 1.165) is 0 Å². The van der Waals surface area contributed by atoms with Crippen molar-refractivity contribution >= 4 is 5.78 Å². The van der Waals surface area contributed by atoms with E-state index in [2.05, 4.69) is 18.5 Å². The van der Waals surface area contributed by atoms with Gasteiger partial charge in [0.05, 0.1) is 6.54 Å². The average Bonchev–Trinajstić information content (AvgIpc) is 1.89. The lowest BCUT2D eigenvalue weighted by molar-refractivity contribution is -0.113. The van der Waals surface area contributed by atoms with E-state index in [0.29, 0.717) is 13.1 Å². The van der Waals surface area contributed by atoms with Gasteiger partial charge < -0.3 is 5.32 Å². The van der Waals surface area contributed by atoms with Crippen LogP contribution >= 0.6 is 0 Å². The Labute approximate surface area is 55.3 Å². The van der Waals surface area contributed by atoms with Gasteiger partial charge in [0.15, 0.2) is 5.78 Å². The lowest BCUT2D eigenvalue weighted by Gasteiger charge is -1.93. The van der Waals surface area contributed by atoms with Crippen LogP contribution in [0.25, 0.3) is 0 Å². The van der Waals surface area contributed by atoms with Crippen LogP contribution in [0.15, 0.2) is 25.3 Å². The highest BCUT2D eigenvalue weighted by molar-refractivity contribution is 5.90. The first-order chi connectivity index (χ1) is 4.31. The second kappa shape index (κ2) is 5.25. The summed E-state index contributed by atoms with van der Waals surface area (Å²) < 4.78 is 0. The van der Waals surface area contributed by atoms with Crippen molar-refractivity contribution in [1.82, 2.24) is 5.32 Å². The largest absolute Gasteiger partial charge is 0.306 e. The first-order valence-electron chi connectivity index (χ1n) is 2.78. The van der Waals surface area contributed by atoms with E-state index in [1.165, 1.54) is 6.08 Å². The summed E-state index contributed by atoms with van der Waals surface area (Å²) in [6, 6.07) is 0. The molecule has 2 heteroatoms. The molecule has 0 aliphatic carbocycles. The molecule has 0 fully saturated rings. The van der Waals surface area contributed by atoms with Crippen molar-refractivity contribution in [3.8, 4) is 0 Å². The van der Waals surface area contributed by atoms with E-state index < -0.39 is 0 Å². The summed E-state index contributed by atoms with van der Waals surface area (Å²) in [4.78, 5) is 10.5. The van der Waals surface area contributed by atoms with Gasteiger partial charge >= 0.3 is 0 Å². The van der Waals surface area contributed by atoms with Gasteiger partial charge in [-0.1, -0.05) is 12.7 Å². The first kappa shape index (κ1) is 8.11. The van der Waals surface area contributed by atoms with Gasteiger partial charge in [-0.3, -0.25) is 4.79 Å². The highest BCUT2D eigenvalue weighted by Gasteiger charge is 1.89. The summed E-state index contributed by atoms with van der Waals surface area (Å²) in [5.41, 5.74) is 0. The Morgan fingerprint density at radius 3 is 2.67 bits per heavy atom. The van der Waals surface area contributed by atoms with Crippen molar-refractivity contribution in [1.29, 1.82) is 0 Å². The summed E-state index contributed by atoms with van der Waals surface area (Å²) in [5.74, 6) is 0.0110. The molecule has 2 nitrogen and oxygen atoms in total. The summed E-state index contributed by atoms with van der Waals surface area (Å²) in [7, 11) is 0. The van der Waals surface area contributed by atoms with Crippen LogP contribution in [0.5, 0.6) is 0 Å². The van der Waals surface area contributed by atoms with E-state index in [1.54, 1.807) is 6.08 Å². The van der Waals surface area contributed by atoms with Crippen LogP contribution in [0.3, 0.4) is 0 Å². The molecule has 0 aromatic carbocycles. The fraction of sp³-hybridized carbons (Fsp3) is 0.286. The van der Waals surface area contributed by atoms with E-state index in [1.807, 2.05) is 0 Å². The molecule has 1 N–H and O–H groups in total. The Kier molecular flexibility index (Phi) is 4.73. The highest BCUT2D eigenvalue weighted by Crippen LogP contribution is 1.68. The van der Waals surface area contributed by atoms with Gasteiger partial charge in [0, 0.05) is 6.54 Å². The van der Waals surface area contributed by atoms with Crippen molar-refractivity contribution < 1.29 is 4.79 Å². The Balaban J connectivity index is 3.16. The molecule has 50 valence electrons. The number of carbonyl (C=O) groups excluding carboxylic acids is 1. The molecular formula is C7H11NO. The minimum atomic E-state index is 0.0110. The van der Waals surface area contributed by atoms with Crippen molar-refractivity contribution in [2.75, 3.05) is 13.1 Å². The summed E-state index contributed by atoms with van der Waals surface area (Å²) in [6.07, 6.45) is 3.01. The molecule has 0 amide bonds. The quantitative estimate of drug-likeness (QED) is 0.329. The molecule has 0 spiro atoms. The van der Waals surface area contributed by atoms with Crippen molar-refractivity contribution in [3.05, 3.63) is 25.3 Å². The fourth-order valence-corrected chi connectivity index (χ4v) is 0.370. The maximum atomic E-state index is 10.5. The molecule has 0 saturated carbocycles. The SMILES string of the molecule is C=CCNCC(=O)C=C. The van der Waals surface area contributed by atoms with E-state index in [9.17, 15) is 4.79 Å². The average molecular weight is 125 g/mol. The Morgan fingerprint density at radius 2 is 2.22 bits per heavy atom. The van der Waals surface area contributed by atoms with Crippen LogP contribution in [0.2, 0.25) is 0 Å². The highest BCUT2D eigenvalue weighted by atomic mass is 16.1. The van der Waals surface area contributed by atoms with Gasteiger partial charge in [-0.15, -0.1) is 6.58 Å². The summed E-state index contributed by atoms with van der Waals surface area (Å²) in [5, 5.41) is 2.85. The lowest BCUT2D eigenvalue weighted by Crippen LogP contribution is -2.21. The van der Waals surface area contributed by atoms with Gasteiger partial charge in [-0.2, -0.15) is 0 Å². The van der Waals surface area contributed by atoms with Crippen molar-refractivity contribution in [2.24, 2.45) is 0 Å². The van der Waals surface area contributed by atoms with Gasteiger partial charge in [-0.25, -0.2) is 0 Å². The molecule has 0 radical (unpaired) electrons. The zero-order valence-corrected chi connectivity index (χ0v) is 5.39. The fourth-order valence-electron chi connectivity index (χ4n) is 0.370. The van der Waals surface area contributed by atoms with E-state index in [4.69, 9.17) is 0 Å². The Morgan fingerprint density at radius 1 is 1.56 bits per heavy atom. The second-order valence-electron chi connectivity index (χ2n) is 1.59. The normalized spacial score (nSPS) is 8.44. The zero-order chi connectivity index (χ0) is 7.11. The molecule has 0 atom stereocenters. The lowest BCUT2D eigenvalue weighted by atomic mass is 10.4. The topological polar surface area (TPSA) is 29.1 Å². The summed E-state index contributed by atoms with van der Waals surface area (Å²) in [6.45, 7) is 7.83. The zero-order valence-electron chi connectivity index (χ0n) is 5.39. The monoisotopic (exact) mass is 125 g/mol. The molecule has 0 unspecified atom stereocenters. The molecular weight excluding hydrogens is 114 g/mol. The predicted molar refractivity (Wildman–Crippen MR) is 38.3 cm³/mol. The minimum absolute atomic E-state index is 0.0110. The van der Waals surface area contributed by atoms with Crippen LogP contribution in [-0.2, 0) is 4.79 Å². The van der Waals surface area contributed by atoms with E-state index in [-0.39, 0.29) is 5.78 Å². The molecule has 0 aliphatic heterocycles. The Bertz CT molecular complexity index is 118. The van der Waals surface area contributed by atoms with Crippen LogP contribution < -0.4 is 5.32 Å². The van der Waals surface area contributed by atoms with Crippen LogP contribution in [-0.4, -0.2) is 18.9 Å². The molecule has 0 heterocycles. The number of carbonyl (C=O) groups is 1. The summed E-state index contributed by atoms with van der Waals surface area (Å²) >= 11 is 0. The van der Waals surface area contributed by atoms with Gasteiger partial charge in [0.1, 0.15) is 0 Å². The van der Waals surface area contributed by atoms with Crippen molar-refractivity contribution in [3.63, 3.8) is 0 Å². The number of hydrogen-bond donors (Lipinski definition) is 1. The van der Waals surface area contributed by atoms with Gasteiger partial charge in [0.25, 0.3) is 0 Å². The minimum Gasteiger partial charge on any atom is -0.306 e. The third kappa shape index (κ3) is 4.97. The molecule has 0 saturated heterocycles. The van der Waals surface area contributed by atoms with Crippen molar-refractivity contribution in [2.45, 2.75) is 0 Å². The van der Waals surface area contributed by atoms with E-state index >= 15 is 0 Å². The molecule has 0 bridgehead atoms. The van der Waals surface area contributed by atoms with Gasteiger partial charge in [0.2, 0.25) is 0 Å². The standard InChI is InChI=1S/C7H11NO/c1-3-5-8-6-7(9)4-2/h3-4,8H,1-2,5-6H2. The second-order valence-corrected chi connectivity index (χ2v) is 1.59. The smallest absolute Gasteiger partial charge is 0.168 e. The molecule has 0 aromatic heterocycles. The maximum absolute atomic E-state index is 10.5. The number of hydrogen-bond acceptors (Lipinski definition) is 2. The molecule has 0 rings (SSSR count). The van der Waals surface area contributed by atoms with Crippen LogP contribution in [0.1, 0.15) is 0 Å². The molecule has 0 aliphatic rings. The third-order valence-electron chi connectivity index (χ3n) is 0.816. The first-order valence-corrected chi connectivity index (χ1v) is 2.78.